The Bertz CT molecular complexity index is 745. The van der Waals surface area contributed by atoms with Crippen LogP contribution < -0.4 is 5.56 Å². The number of carboxylic acids is 1. The van der Waals surface area contributed by atoms with Gasteiger partial charge in [-0.1, -0.05) is 0 Å². The molecule has 0 aliphatic carbocycles. The molecule has 1 unspecified atom stereocenters. The van der Waals surface area contributed by atoms with Crippen molar-refractivity contribution < 1.29 is 14.7 Å². The highest BCUT2D eigenvalue weighted by atomic mass is 16.4. The maximum absolute atomic E-state index is 12.3. The Morgan fingerprint density at radius 1 is 1.43 bits per heavy atom. The summed E-state index contributed by atoms with van der Waals surface area (Å²) in [6, 6.07) is 1.14. The molecule has 1 fully saturated rings. The number of hydrogen-bond donors (Lipinski definition) is 2. The molecule has 0 aromatic carbocycles. The number of likely N-dealkylation sites (tertiary alicyclic amines) is 1. The number of hydrogen-bond acceptors (Lipinski definition) is 4. The van der Waals surface area contributed by atoms with Gasteiger partial charge < -0.3 is 15.0 Å². The van der Waals surface area contributed by atoms with Gasteiger partial charge in [0.25, 0.3) is 5.56 Å². The van der Waals surface area contributed by atoms with E-state index in [1.54, 1.807) is 13.8 Å². The molecular formula is C16H19N3O4. The minimum absolute atomic E-state index is 0.0580. The second-order valence-corrected chi connectivity index (χ2v) is 5.75. The molecular weight excluding hydrogens is 298 g/mol. The van der Waals surface area contributed by atoms with Gasteiger partial charge >= 0.3 is 5.97 Å². The number of pyridine rings is 1. The average Bonchev–Trinajstić information content (AvgIpc) is 2.96. The molecule has 1 aromatic rings. The first-order valence-electron chi connectivity index (χ1n) is 7.51. The number of nitriles is 1. The van der Waals surface area contributed by atoms with E-state index in [4.69, 9.17) is 10.4 Å². The van der Waals surface area contributed by atoms with E-state index in [9.17, 15) is 14.4 Å². The number of aromatic nitrogens is 1. The number of aryl methyl sites for hydroxylation is 1. The first kappa shape index (κ1) is 16.7. The van der Waals surface area contributed by atoms with E-state index in [0.29, 0.717) is 37.1 Å². The third-order valence-electron chi connectivity index (χ3n) is 4.37. The van der Waals surface area contributed by atoms with E-state index in [0.717, 1.165) is 5.56 Å². The van der Waals surface area contributed by atoms with Crippen LogP contribution in [0.3, 0.4) is 0 Å². The summed E-state index contributed by atoms with van der Waals surface area (Å²) in [6.07, 6.45) is 1.70. The smallest absolute Gasteiger partial charge is 0.326 e. The number of carboxylic acid groups (broad SMARTS) is 1. The standard InChI is InChI=1S/C16H19N3O4/c1-9-11(10(2)18-15(21)12(9)8-17)5-6-14(20)19-7-3-4-13(19)16(22)23/h13H,3-7H2,1-2H3,(H,18,21)(H,22,23). The molecule has 1 aromatic heterocycles. The molecule has 122 valence electrons. The van der Waals surface area contributed by atoms with Crippen molar-refractivity contribution in [2.75, 3.05) is 6.54 Å². The Balaban J connectivity index is 2.16. The van der Waals surface area contributed by atoms with E-state index in [2.05, 4.69) is 4.98 Å². The second kappa shape index (κ2) is 6.65. The van der Waals surface area contributed by atoms with Gasteiger partial charge in [0.1, 0.15) is 17.7 Å². The van der Waals surface area contributed by atoms with Gasteiger partial charge in [-0.2, -0.15) is 5.26 Å². The third kappa shape index (κ3) is 3.26. The van der Waals surface area contributed by atoms with E-state index < -0.39 is 17.6 Å². The normalized spacial score (nSPS) is 17.1. The summed E-state index contributed by atoms with van der Waals surface area (Å²) in [5.41, 5.74) is 1.61. The molecule has 0 saturated carbocycles. The molecule has 1 aliphatic heterocycles. The molecule has 0 radical (unpaired) electrons. The zero-order valence-corrected chi connectivity index (χ0v) is 13.2. The molecule has 1 saturated heterocycles. The van der Waals surface area contributed by atoms with Gasteiger partial charge in [0.2, 0.25) is 5.91 Å². The Labute approximate surface area is 133 Å². The maximum atomic E-state index is 12.3. The molecule has 0 bridgehead atoms. The van der Waals surface area contributed by atoms with Crippen molar-refractivity contribution in [2.24, 2.45) is 0 Å². The van der Waals surface area contributed by atoms with Gasteiger partial charge in [-0.3, -0.25) is 9.59 Å². The van der Waals surface area contributed by atoms with Crippen molar-refractivity contribution in [3.63, 3.8) is 0 Å². The van der Waals surface area contributed by atoms with Crippen LogP contribution in [0.4, 0.5) is 0 Å². The van der Waals surface area contributed by atoms with Gasteiger partial charge in [0, 0.05) is 18.7 Å². The second-order valence-electron chi connectivity index (χ2n) is 5.75. The maximum Gasteiger partial charge on any atom is 0.326 e. The van der Waals surface area contributed by atoms with Crippen molar-refractivity contribution in [3.05, 3.63) is 32.7 Å². The lowest BCUT2D eigenvalue weighted by Gasteiger charge is -2.21. The van der Waals surface area contributed by atoms with E-state index in [-0.39, 0.29) is 17.9 Å². The molecule has 2 N–H and O–H groups in total. The van der Waals surface area contributed by atoms with Crippen LogP contribution in [0, 0.1) is 25.2 Å². The summed E-state index contributed by atoms with van der Waals surface area (Å²) in [4.78, 5) is 39.2. The molecule has 1 atom stereocenters. The van der Waals surface area contributed by atoms with Crippen molar-refractivity contribution in [1.29, 1.82) is 5.26 Å². The van der Waals surface area contributed by atoms with Crippen LogP contribution in [-0.2, 0) is 16.0 Å². The van der Waals surface area contributed by atoms with Crippen LogP contribution >= 0.6 is 0 Å². The monoisotopic (exact) mass is 317 g/mol. The molecule has 2 heterocycles. The first-order valence-corrected chi connectivity index (χ1v) is 7.51. The van der Waals surface area contributed by atoms with Crippen LogP contribution in [0.5, 0.6) is 0 Å². The van der Waals surface area contributed by atoms with Crippen molar-refractivity contribution in [3.8, 4) is 6.07 Å². The number of carbonyl (C=O) groups is 2. The zero-order chi connectivity index (χ0) is 17.1. The van der Waals surface area contributed by atoms with E-state index >= 15 is 0 Å². The zero-order valence-electron chi connectivity index (χ0n) is 13.2. The van der Waals surface area contributed by atoms with Gasteiger partial charge in [-0.25, -0.2) is 4.79 Å². The van der Waals surface area contributed by atoms with Crippen LogP contribution in [0.2, 0.25) is 0 Å². The Morgan fingerprint density at radius 3 is 2.74 bits per heavy atom. The van der Waals surface area contributed by atoms with Gasteiger partial charge in [0.05, 0.1) is 0 Å². The Morgan fingerprint density at radius 2 is 2.13 bits per heavy atom. The summed E-state index contributed by atoms with van der Waals surface area (Å²) < 4.78 is 0. The fourth-order valence-corrected chi connectivity index (χ4v) is 3.12. The minimum Gasteiger partial charge on any atom is -0.480 e. The van der Waals surface area contributed by atoms with Crippen LogP contribution in [0.15, 0.2) is 4.79 Å². The Kier molecular flexibility index (Phi) is 4.84. The van der Waals surface area contributed by atoms with E-state index in [1.807, 2.05) is 6.07 Å². The lowest BCUT2D eigenvalue weighted by atomic mass is 9.99. The molecule has 23 heavy (non-hydrogen) atoms. The summed E-state index contributed by atoms with van der Waals surface area (Å²) in [5, 5.41) is 18.2. The van der Waals surface area contributed by atoms with Gasteiger partial charge in [0.15, 0.2) is 0 Å². The SMILES string of the molecule is Cc1[nH]c(=O)c(C#N)c(C)c1CCC(=O)N1CCCC1C(=O)O. The van der Waals surface area contributed by atoms with Crippen molar-refractivity contribution in [1.82, 2.24) is 9.88 Å². The highest BCUT2D eigenvalue weighted by Crippen LogP contribution is 2.20. The Hall–Kier alpha value is -2.62. The lowest BCUT2D eigenvalue weighted by Crippen LogP contribution is -2.40. The minimum atomic E-state index is -0.973. The number of carbonyl (C=O) groups excluding carboxylic acids is 1. The topological polar surface area (TPSA) is 114 Å². The summed E-state index contributed by atoms with van der Waals surface area (Å²) in [5.74, 6) is -1.18. The predicted octanol–water partition coefficient (Wildman–Crippen LogP) is 0.872. The number of nitrogens with zero attached hydrogens (tertiary/aromatic N) is 2. The van der Waals surface area contributed by atoms with Crippen LogP contribution in [0.1, 0.15) is 41.6 Å². The fraction of sp³-hybridized carbons (Fsp3) is 0.500. The molecule has 7 nitrogen and oxygen atoms in total. The fourth-order valence-electron chi connectivity index (χ4n) is 3.12. The molecule has 7 heteroatoms. The molecule has 0 spiro atoms. The number of aliphatic carboxylic acids is 1. The lowest BCUT2D eigenvalue weighted by molar-refractivity contribution is -0.148. The van der Waals surface area contributed by atoms with Crippen LogP contribution in [-0.4, -0.2) is 39.5 Å². The first-order chi connectivity index (χ1) is 10.9. The summed E-state index contributed by atoms with van der Waals surface area (Å²) in [6.45, 7) is 3.88. The number of amides is 1. The molecule has 1 amide bonds. The highest BCUT2D eigenvalue weighted by molar-refractivity contribution is 5.84. The summed E-state index contributed by atoms with van der Waals surface area (Å²) >= 11 is 0. The third-order valence-corrected chi connectivity index (χ3v) is 4.37. The number of nitrogens with one attached hydrogen (secondary N) is 1. The number of aromatic amines is 1. The van der Waals surface area contributed by atoms with Gasteiger partial charge in [-0.05, 0) is 44.2 Å². The quantitative estimate of drug-likeness (QED) is 0.855. The van der Waals surface area contributed by atoms with E-state index in [1.165, 1.54) is 4.90 Å². The largest absolute Gasteiger partial charge is 0.480 e. The van der Waals surface area contributed by atoms with Gasteiger partial charge in [-0.15, -0.1) is 0 Å². The van der Waals surface area contributed by atoms with Crippen LogP contribution in [0.25, 0.3) is 0 Å². The molecule has 1 aliphatic rings. The van der Waals surface area contributed by atoms with Crippen molar-refractivity contribution in [2.45, 2.75) is 45.6 Å². The molecule has 2 rings (SSSR count). The average molecular weight is 317 g/mol. The highest BCUT2D eigenvalue weighted by Gasteiger charge is 2.33. The summed E-state index contributed by atoms with van der Waals surface area (Å²) in [7, 11) is 0. The number of H-pyrrole nitrogens is 1. The number of rotatable bonds is 4. The van der Waals surface area contributed by atoms with Crippen molar-refractivity contribution >= 4 is 11.9 Å². The predicted molar refractivity (Wildman–Crippen MR) is 81.9 cm³/mol.